The summed E-state index contributed by atoms with van der Waals surface area (Å²) in [5, 5.41) is 0. The molecule has 0 saturated carbocycles. The molecule has 3 rings (SSSR count). The van der Waals surface area contributed by atoms with Gasteiger partial charge in [-0.25, -0.2) is 4.98 Å². The van der Waals surface area contributed by atoms with Crippen molar-refractivity contribution in [3.8, 4) is 11.5 Å². The average Bonchev–Trinajstić information content (AvgIpc) is 2.42. The second-order valence-corrected chi connectivity index (χ2v) is 4.30. The summed E-state index contributed by atoms with van der Waals surface area (Å²) in [6.07, 6.45) is 1.71. The van der Waals surface area contributed by atoms with Crippen LogP contribution in [0.25, 0.3) is 11.0 Å². The van der Waals surface area contributed by atoms with Crippen LogP contribution in [0.4, 0.5) is 5.69 Å². The molecule has 0 fully saturated rings. The van der Waals surface area contributed by atoms with Crippen LogP contribution in [-0.4, -0.2) is 9.97 Å². The molecule has 2 heterocycles. The maximum absolute atomic E-state index is 5.84. The molecule has 0 radical (unpaired) electrons. The van der Waals surface area contributed by atoms with Crippen LogP contribution in [0.1, 0.15) is 5.69 Å². The fourth-order valence-corrected chi connectivity index (χ4v) is 1.84. The first-order valence-electron chi connectivity index (χ1n) is 5.98. The van der Waals surface area contributed by atoms with E-state index in [-0.39, 0.29) is 0 Å². The van der Waals surface area contributed by atoms with Gasteiger partial charge in [-0.2, -0.15) is 0 Å². The minimum absolute atomic E-state index is 0.693. The van der Waals surface area contributed by atoms with Crippen molar-refractivity contribution in [3.63, 3.8) is 0 Å². The SMILES string of the molecule is Cc1ccc2nccc(Oc3ccc(N)cc3)c2n1. The van der Waals surface area contributed by atoms with Gasteiger partial charge in [0.15, 0.2) is 5.75 Å². The predicted octanol–water partition coefficient (Wildman–Crippen LogP) is 3.31. The van der Waals surface area contributed by atoms with Crippen LogP contribution in [-0.2, 0) is 0 Å². The van der Waals surface area contributed by atoms with Gasteiger partial charge in [-0.1, -0.05) is 0 Å². The third-order valence-corrected chi connectivity index (χ3v) is 2.79. The quantitative estimate of drug-likeness (QED) is 0.710. The van der Waals surface area contributed by atoms with E-state index in [1.54, 1.807) is 18.3 Å². The van der Waals surface area contributed by atoms with Crippen LogP contribution in [0.5, 0.6) is 11.5 Å². The zero-order chi connectivity index (χ0) is 13.2. The van der Waals surface area contributed by atoms with Gasteiger partial charge in [0.1, 0.15) is 11.3 Å². The predicted molar refractivity (Wildman–Crippen MR) is 75.2 cm³/mol. The Morgan fingerprint density at radius 2 is 1.79 bits per heavy atom. The van der Waals surface area contributed by atoms with Crippen molar-refractivity contribution in [1.29, 1.82) is 0 Å². The van der Waals surface area contributed by atoms with Gasteiger partial charge in [0.05, 0.1) is 5.52 Å². The highest BCUT2D eigenvalue weighted by molar-refractivity contribution is 5.80. The van der Waals surface area contributed by atoms with Gasteiger partial charge in [0.2, 0.25) is 0 Å². The van der Waals surface area contributed by atoms with Crippen LogP contribution in [0.2, 0.25) is 0 Å². The monoisotopic (exact) mass is 251 g/mol. The fraction of sp³-hybridized carbons (Fsp3) is 0.0667. The molecule has 94 valence electrons. The van der Waals surface area contributed by atoms with Gasteiger partial charge in [-0.05, 0) is 43.3 Å². The second kappa shape index (κ2) is 4.57. The maximum Gasteiger partial charge on any atom is 0.156 e. The van der Waals surface area contributed by atoms with Crippen molar-refractivity contribution >= 4 is 16.7 Å². The maximum atomic E-state index is 5.84. The number of aromatic nitrogens is 2. The van der Waals surface area contributed by atoms with E-state index in [0.29, 0.717) is 11.4 Å². The number of rotatable bonds is 2. The number of nitrogens with two attached hydrogens (primary N) is 1. The van der Waals surface area contributed by atoms with Crippen molar-refractivity contribution in [2.24, 2.45) is 0 Å². The highest BCUT2D eigenvalue weighted by atomic mass is 16.5. The molecule has 4 heteroatoms. The van der Waals surface area contributed by atoms with Gasteiger partial charge >= 0.3 is 0 Å². The molecule has 0 saturated heterocycles. The van der Waals surface area contributed by atoms with E-state index >= 15 is 0 Å². The Kier molecular flexibility index (Phi) is 2.76. The average molecular weight is 251 g/mol. The Bertz CT molecular complexity index is 723. The minimum Gasteiger partial charge on any atom is -0.455 e. The Hall–Kier alpha value is -2.62. The highest BCUT2D eigenvalue weighted by Gasteiger charge is 2.06. The van der Waals surface area contributed by atoms with Crippen LogP contribution in [0.3, 0.4) is 0 Å². The number of hydrogen-bond donors (Lipinski definition) is 1. The van der Waals surface area contributed by atoms with Crippen LogP contribution < -0.4 is 10.5 Å². The fourth-order valence-electron chi connectivity index (χ4n) is 1.84. The van der Waals surface area contributed by atoms with Crippen molar-refractivity contribution in [2.75, 3.05) is 5.73 Å². The summed E-state index contributed by atoms with van der Waals surface area (Å²) in [5.74, 6) is 1.42. The van der Waals surface area contributed by atoms with E-state index in [1.165, 1.54) is 0 Å². The van der Waals surface area contributed by atoms with Gasteiger partial charge in [0, 0.05) is 23.6 Å². The molecule has 0 unspecified atom stereocenters. The van der Waals surface area contributed by atoms with Crippen molar-refractivity contribution in [2.45, 2.75) is 6.92 Å². The molecule has 0 aliphatic carbocycles. The van der Waals surface area contributed by atoms with Gasteiger partial charge < -0.3 is 10.5 Å². The molecule has 3 aromatic rings. The number of anilines is 1. The lowest BCUT2D eigenvalue weighted by Crippen LogP contribution is -1.92. The summed E-state index contributed by atoms with van der Waals surface area (Å²) in [6, 6.07) is 12.9. The van der Waals surface area contributed by atoms with Crippen molar-refractivity contribution < 1.29 is 4.74 Å². The normalized spacial score (nSPS) is 10.6. The summed E-state index contributed by atoms with van der Waals surface area (Å²) in [4.78, 5) is 8.75. The first-order chi connectivity index (χ1) is 9.22. The smallest absolute Gasteiger partial charge is 0.156 e. The third-order valence-electron chi connectivity index (χ3n) is 2.79. The molecular weight excluding hydrogens is 238 g/mol. The van der Waals surface area contributed by atoms with Crippen LogP contribution in [0.15, 0.2) is 48.7 Å². The number of aryl methyl sites for hydroxylation is 1. The first kappa shape index (κ1) is 11.5. The van der Waals surface area contributed by atoms with E-state index < -0.39 is 0 Å². The lowest BCUT2D eigenvalue weighted by Gasteiger charge is -2.08. The molecule has 2 aromatic heterocycles. The number of pyridine rings is 2. The standard InChI is InChI=1S/C15H13N3O/c1-10-2-7-13-15(18-10)14(8-9-17-13)19-12-5-3-11(16)4-6-12/h2-9H,16H2,1H3. The number of benzene rings is 1. The molecule has 19 heavy (non-hydrogen) atoms. The molecule has 4 nitrogen and oxygen atoms in total. The largest absolute Gasteiger partial charge is 0.455 e. The first-order valence-corrected chi connectivity index (χ1v) is 5.98. The zero-order valence-electron chi connectivity index (χ0n) is 10.5. The topological polar surface area (TPSA) is 61.0 Å². The van der Waals surface area contributed by atoms with Gasteiger partial charge in [0.25, 0.3) is 0 Å². The van der Waals surface area contributed by atoms with E-state index in [4.69, 9.17) is 10.5 Å². The lowest BCUT2D eigenvalue weighted by molar-refractivity contribution is 0.486. The zero-order valence-corrected chi connectivity index (χ0v) is 10.5. The van der Waals surface area contributed by atoms with Gasteiger partial charge in [-0.15, -0.1) is 0 Å². The van der Waals surface area contributed by atoms with E-state index in [0.717, 1.165) is 22.5 Å². The van der Waals surface area contributed by atoms with E-state index in [1.807, 2.05) is 37.3 Å². The summed E-state index contributed by atoms with van der Waals surface area (Å²) in [5.41, 5.74) is 8.88. The molecule has 0 spiro atoms. The molecule has 1 aromatic carbocycles. The van der Waals surface area contributed by atoms with Gasteiger partial charge in [-0.3, -0.25) is 4.98 Å². The molecule has 0 bridgehead atoms. The minimum atomic E-state index is 0.693. The lowest BCUT2D eigenvalue weighted by atomic mass is 10.2. The Morgan fingerprint density at radius 1 is 1.00 bits per heavy atom. The molecule has 0 atom stereocenters. The number of nitrogen functional groups attached to an aromatic ring is 1. The summed E-state index contributed by atoms with van der Waals surface area (Å²) in [7, 11) is 0. The van der Waals surface area contributed by atoms with Crippen LogP contribution in [0, 0.1) is 6.92 Å². The number of ether oxygens (including phenoxy) is 1. The molecule has 0 aliphatic rings. The number of hydrogen-bond acceptors (Lipinski definition) is 4. The number of nitrogens with zero attached hydrogens (tertiary/aromatic N) is 2. The third kappa shape index (κ3) is 2.33. The molecule has 0 amide bonds. The Balaban J connectivity index is 2.05. The summed E-state index contributed by atoms with van der Waals surface area (Å²) >= 11 is 0. The van der Waals surface area contributed by atoms with Crippen molar-refractivity contribution in [1.82, 2.24) is 9.97 Å². The summed E-state index contributed by atoms with van der Waals surface area (Å²) in [6.45, 7) is 1.94. The second-order valence-electron chi connectivity index (χ2n) is 4.30. The Labute approximate surface area is 110 Å². The van der Waals surface area contributed by atoms with E-state index in [9.17, 15) is 0 Å². The molecule has 2 N–H and O–H groups in total. The Morgan fingerprint density at radius 3 is 2.58 bits per heavy atom. The van der Waals surface area contributed by atoms with E-state index in [2.05, 4.69) is 9.97 Å². The molecular formula is C15H13N3O. The van der Waals surface area contributed by atoms with Crippen LogP contribution >= 0.6 is 0 Å². The molecule has 0 aliphatic heterocycles. The summed E-state index contributed by atoms with van der Waals surface area (Å²) < 4.78 is 5.84. The van der Waals surface area contributed by atoms with Crippen molar-refractivity contribution in [3.05, 3.63) is 54.4 Å². The highest BCUT2D eigenvalue weighted by Crippen LogP contribution is 2.27. The number of fused-ring (bicyclic) bond motifs is 1.